The van der Waals surface area contributed by atoms with Gasteiger partial charge in [0.15, 0.2) is 0 Å². The van der Waals surface area contributed by atoms with Gasteiger partial charge in [-0.3, -0.25) is 4.89 Å². The monoisotopic (exact) mass is 274 g/mol. The fraction of sp³-hybridized carbons (Fsp3) is 0.933. The molecule has 0 radical (unpaired) electrons. The van der Waals surface area contributed by atoms with E-state index < -0.39 is 0 Å². The molecule has 0 amide bonds. The van der Waals surface area contributed by atoms with Gasteiger partial charge in [-0.1, -0.05) is 33.6 Å². The van der Waals surface area contributed by atoms with Crippen molar-refractivity contribution in [3.8, 4) is 0 Å². The molecule has 0 aromatic carbocycles. The topological polar surface area (TPSA) is 44.8 Å². The van der Waals surface area contributed by atoms with Gasteiger partial charge in [-0.05, 0) is 25.2 Å². The summed E-state index contributed by atoms with van der Waals surface area (Å²) in [4.78, 5) is 20.9. The molecule has 0 aliphatic rings. The molecular formula is C15H30O4. The number of carbonyl (C=O) groups excluding carboxylic acids is 1. The summed E-state index contributed by atoms with van der Waals surface area (Å²) in [5.74, 6) is -0.277. The molecule has 0 saturated carbocycles. The second-order valence-corrected chi connectivity index (χ2v) is 6.23. The Hall–Kier alpha value is -0.610. The van der Waals surface area contributed by atoms with Crippen LogP contribution in [0.2, 0.25) is 0 Å². The number of ether oxygens (including phenoxy) is 1. The number of unbranched alkanes of at least 4 members (excludes halogenated alkanes) is 2. The van der Waals surface area contributed by atoms with Crippen molar-refractivity contribution in [2.75, 3.05) is 13.7 Å². The van der Waals surface area contributed by atoms with Crippen molar-refractivity contribution in [2.45, 2.75) is 72.3 Å². The van der Waals surface area contributed by atoms with E-state index in [2.05, 4.69) is 25.7 Å². The van der Waals surface area contributed by atoms with Crippen LogP contribution in [0.5, 0.6) is 0 Å². The maximum absolute atomic E-state index is 11.3. The second-order valence-electron chi connectivity index (χ2n) is 6.23. The van der Waals surface area contributed by atoms with Gasteiger partial charge in [-0.2, -0.15) is 4.89 Å². The van der Waals surface area contributed by atoms with E-state index in [1.165, 1.54) is 6.42 Å². The van der Waals surface area contributed by atoms with Crippen LogP contribution in [0.4, 0.5) is 0 Å². The van der Waals surface area contributed by atoms with Gasteiger partial charge >= 0.3 is 5.97 Å². The average molecular weight is 274 g/mol. The van der Waals surface area contributed by atoms with Gasteiger partial charge < -0.3 is 4.74 Å². The average Bonchev–Trinajstić information content (AvgIpc) is 2.32. The molecule has 1 unspecified atom stereocenters. The molecule has 0 rings (SSSR count). The zero-order chi connectivity index (χ0) is 14.7. The Bertz CT molecular complexity index is 233. The summed E-state index contributed by atoms with van der Waals surface area (Å²) >= 11 is 0. The van der Waals surface area contributed by atoms with E-state index in [1.54, 1.807) is 7.11 Å². The van der Waals surface area contributed by atoms with E-state index in [0.29, 0.717) is 18.4 Å². The third kappa shape index (κ3) is 13.6. The maximum Gasteiger partial charge on any atom is 0.342 e. The largest absolute Gasteiger partial charge is 0.382 e. The molecule has 0 heterocycles. The summed E-state index contributed by atoms with van der Waals surface area (Å²) in [7, 11) is 1.65. The highest BCUT2D eigenvalue weighted by Gasteiger charge is 2.10. The number of carbonyl (C=O) groups is 1. The molecule has 0 aliphatic carbocycles. The van der Waals surface area contributed by atoms with Gasteiger partial charge in [0, 0.05) is 20.0 Å². The van der Waals surface area contributed by atoms with E-state index in [9.17, 15) is 4.79 Å². The lowest BCUT2D eigenvalue weighted by Crippen LogP contribution is -2.12. The first kappa shape index (κ1) is 18.4. The van der Waals surface area contributed by atoms with E-state index in [4.69, 9.17) is 9.62 Å². The van der Waals surface area contributed by atoms with Crippen LogP contribution in [0.25, 0.3) is 0 Å². The first-order chi connectivity index (χ1) is 8.85. The first-order valence-electron chi connectivity index (χ1n) is 7.20. The predicted molar refractivity (Wildman–Crippen MR) is 75.7 cm³/mol. The Kier molecular flexibility index (Phi) is 9.88. The molecule has 0 spiro atoms. The third-order valence-electron chi connectivity index (χ3n) is 2.97. The molecule has 0 bridgehead atoms. The molecule has 0 aliphatic heterocycles. The van der Waals surface area contributed by atoms with Crippen molar-refractivity contribution in [2.24, 2.45) is 5.41 Å². The highest BCUT2D eigenvalue weighted by Crippen LogP contribution is 2.22. The van der Waals surface area contributed by atoms with E-state index >= 15 is 0 Å². The Labute approximate surface area is 117 Å². The summed E-state index contributed by atoms with van der Waals surface area (Å²) < 4.78 is 5.06. The zero-order valence-corrected chi connectivity index (χ0v) is 13.2. The minimum absolute atomic E-state index is 0.121. The minimum atomic E-state index is -0.277. The molecule has 0 aromatic rings. The van der Waals surface area contributed by atoms with Crippen LogP contribution in [0.15, 0.2) is 0 Å². The van der Waals surface area contributed by atoms with Gasteiger partial charge in [0.2, 0.25) is 0 Å². The summed E-state index contributed by atoms with van der Waals surface area (Å²) in [6.07, 6.45) is 5.55. The van der Waals surface area contributed by atoms with Gasteiger partial charge in [0.05, 0.1) is 12.7 Å². The summed E-state index contributed by atoms with van der Waals surface area (Å²) in [5, 5.41) is 0. The molecule has 0 fully saturated rings. The Morgan fingerprint density at radius 3 is 2.42 bits per heavy atom. The summed E-state index contributed by atoms with van der Waals surface area (Å²) in [5.41, 5.74) is 0.377. The third-order valence-corrected chi connectivity index (χ3v) is 2.97. The van der Waals surface area contributed by atoms with Crippen molar-refractivity contribution in [1.29, 1.82) is 0 Å². The van der Waals surface area contributed by atoms with Crippen LogP contribution in [0, 0.1) is 5.41 Å². The minimum Gasteiger partial charge on any atom is -0.382 e. The lowest BCUT2D eigenvalue weighted by atomic mass is 9.89. The molecule has 4 nitrogen and oxygen atoms in total. The van der Waals surface area contributed by atoms with E-state index in [0.717, 1.165) is 25.7 Å². The second kappa shape index (κ2) is 10.2. The van der Waals surface area contributed by atoms with Gasteiger partial charge in [-0.25, -0.2) is 4.79 Å². The van der Waals surface area contributed by atoms with Crippen LogP contribution in [-0.2, 0) is 19.3 Å². The van der Waals surface area contributed by atoms with Gasteiger partial charge in [0.1, 0.15) is 0 Å². The summed E-state index contributed by atoms with van der Waals surface area (Å²) in [6.45, 7) is 9.02. The van der Waals surface area contributed by atoms with Crippen LogP contribution in [0.3, 0.4) is 0 Å². The molecule has 19 heavy (non-hydrogen) atoms. The fourth-order valence-electron chi connectivity index (χ4n) is 1.58. The highest BCUT2D eigenvalue weighted by atomic mass is 17.2. The van der Waals surface area contributed by atoms with Crippen LogP contribution < -0.4 is 0 Å². The lowest BCUT2D eigenvalue weighted by Gasteiger charge is -2.17. The van der Waals surface area contributed by atoms with Crippen molar-refractivity contribution in [3.63, 3.8) is 0 Å². The normalized spacial score (nSPS) is 13.3. The standard InChI is InChI=1S/C15H30O4/c1-13(17-5)10-12-18-19-14(16)9-7-6-8-11-15(2,3)4/h13H,6-12H2,1-5H3. The fourth-order valence-corrected chi connectivity index (χ4v) is 1.58. The molecule has 1 atom stereocenters. The van der Waals surface area contributed by atoms with Crippen molar-refractivity contribution < 1.29 is 19.3 Å². The van der Waals surface area contributed by atoms with E-state index in [1.807, 2.05) is 6.92 Å². The zero-order valence-electron chi connectivity index (χ0n) is 13.2. The SMILES string of the molecule is COC(C)CCOOC(=O)CCCCCC(C)(C)C. The molecule has 0 N–H and O–H groups in total. The molecule has 0 aromatic heterocycles. The first-order valence-corrected chi connectivity index (χ1v) is 7.20. The van der Waals surface area contributed by atoms with Crippen molar-refractivity contribution in [3.05, 3.63) is 0 Å². The highest BCUT2D eigenvalue weighted by molar-refractivity contribution is 5.68. The molecule has 114 valence electrons. The van der Waals surface area contributed by atoms with Gasteiger partial charge in [0.25, 0.3) is 0 Å². The van der Waals surface area contributed by atoms with Gasteiger partial charge in [-0.15, -0.1) is 0 Å². The quantitative estimate of drug-likeness (QED) is 0.344. The van der Waals surface area contributed by atoms with E-state index in [-0.39, 0.29) is 12.1 Å². The number of hydrogen-bond acceptors (Lipinski definition) is 4. The smallest absolute Gasteiger partial charge is 0.342 e. The van der Waals surface area contributed by atoms with Crippen molar-refractivity contribution >= 4 is 5.97 Å². The van der Waals surface area contributed by atoms with Crippen LogP contribution >= 0.6 is 0 Å². The van der Waals surface area contributed by atoms with Crippen LogP contribution in [-0.4, -0.2) is 25.8 Å². The Morgan fingerprint density at radius 2 is 1.84 bits per heavy atom. The number of hydrogen-bond donors (Lipinski definition) is 0. The Balaban J connectivity index is 3.35. The molecule has 4 heteroatoms. The summed E-state index contributed by atoms with van der Waals surface area (Å²) in [6, 6.07) is 0. The predicted octanol–water partition coefficient (Wildman–Crippen LogP) is 3.88. The van der Waals surface area contributed by atoms with Crippen LogP contribution in [0.1, 0.15) is 66.2 Å². The van der Waals surface area contributed by atoms with Crippen molar-refractivity contribution in [1.82, 2.24) is 0 Å². The maximum atomic E-state index is 11.3. The Morgan fingerprint density at radius 1 is 1.16 bits per heavy atom. The lowest BCUT2D eigenvalue weighted by molar-refractivity contribution is -0.274. The number of methoxy groups -OCH3 is 1. The number of rotatable bonds is 10. The molecular weight excluding hydrogens is 244 g/mol. The molecule has 0 saturated heterocycles.